The van der Waals surface area contributed by atoms with Gasteiger partial charge in [0.25, 0.3) is 0 Å². The molecule has 0 bridgehead atoms. The summed E-state index contributed by atoms with van der Waals surface area (Å²) < 4.78 is 12.7. The van der Waals surface area contributed by atoms with Crippen LogP contribution in [0.4, 0.5) is 5.69 Å². The van der Waals surface area contributed by atoms with Gasteiger partial charge >= 0.3 is 0 Å². The Balaban J connectivity index is 2.08. The molecule has 0 atom stereocenters. The normalized spacial score (nSPS) is 10.4. The summed E-state index contributed by atoms with van der Waals surface area (Å²) in [6, 6.07) is 5.96. The number of rotatable bonds is 6. The highest BCUT2D eigenvalue weighted by Gasteiger charge is 2.06. The van der Waals surface area contributed by atoms with Crippen molar-refractivity contribution < 1.29 is 9.47 Å². The lowest BCUT2D eigenvalue weighted by Crippen LogP contribution is -2.01. The number of nitrogens with zero attached hydrogens (tertiary/aromatic N) is 2. The third-order valence-electron chi connectivity index (χ3n) is 3.02. The highest BCUT2D eigenvalue weighted by atomic mass is 16.5. The van der Waals surface area contributed by atoms with E-state index in [0.29, 0.717) is 6.61 Å². The minimum absolute atomic E-state index is 0.628. The highest BCUT2D eigenvalue weighted by Crippen LogP contribution is 2.28. The molecule has 0 amide bonds. The van der Waals surface area contributed by atoms with E-state index in [-0.39, 0.29) is 0 Å². The van der Waals surface area contributed by atoms with Crippen molar-refractivity contribution in [1.29, 1.82) is 0 Å². The highest BCUT2D eigenvalue weighted by molar-refractivity contribution is 5.48. The van der Waals surface area contributed by atoms with Crippen molar-refractivity contribution in [3.63, 3.8) is 0 Å². The second-order valence-electron chi connectivity index (χ2n) is 4.57. The number of ether oxygens (including phenoxy) is 2. The van der Waals surface area contributed by atoms with Crippen molar-refractivity contribution in [3.8, 4) is 11.5 Å². The Bertz CT molecular complexity index is 578. The van der Waals surface area contributed by atoms with Crippen LogP contribution < -0.4 is 14.8 Å². The predicted molar refractivity (Wildman–Crippen MR) is 79.4 cm³/mol. The number of hydrogen-bond acceptors (Lipinski definition) is 4. The van der Waals surface area contributed by atoms with E-state index >= 15 is 0 Å². The van der Waals surface area contributed by atoms with Crippen LogP contribution in [-0.2, 0) is 13.6 Å². The predicted octanol–water partition coefficient (Wildman–Crippen LogP) is 2.75. The van der Waals surface area contributed by atoms with Gasteiger partial charge in [0.05, 0.1) is 25.1 Å². The maximum Gasteiger partial charge on any atom is 0.161 e. The van der Waals surface area contributed by atoms with Crippen molar-refractivity contribution in [3.05, 3.63) is 35.7 Å². The Kier molecular flexibility index (Phi) is 4.50. The summed E-state index contributed by atoms with van der Waals surface area (Å²) in [5, 5.41) is 7.68. The van der Waals surface area contributed by atoms with Gasteiger partial charge in [0.15, 0.2) is 11.5 Å². The van der Waals surface area contributed by atoms with E-state index in [0.717, 1.165) is 35.0 Å². The Morgan fingerprint density at radius 1 is 1.30 bits per heavy atom. The van der Waals surface area contributed by atoms with Crippen LogP contribution >= 0.6 is 0 Å². The zero-order valence-electron chi connectivity index (χ0n) is 12.4. The first-order valence-electron chi connectivity index (χ1n) is 6.68. The Hall–Kier alpha value is -2.17. The number of benzene rings is 1. The molecule has 0 aliphatic rings. The van der Waals surface area contributed by atoms with Crippen LogP contribution in [0, 0.1) is 6.92 Å². The van der Waals surface area contributed by atoms with Gasteiger partial charge < -0.3 is 14.8 Å². The van der Waals surface area contributed by atoms with E-state index in [1.807, 2.05) is 45.3 Å². The fourth-order valence-electron chi connectivity index (χ4n) is 2.07. The van der Waals surface area contributed by atoms with Crippen LogP contribution in [0.2, 0.25) is 0 Å². The summed E-state index contributed by atoms with van der Waals surface area (Å²) in [5.41, 5.74) is 3.17. The Labute approximate surface area is 119 Å². The van der Waals surface area contributed by atoms with E-state index < -0.39 is 0 Å². The van der Waals surface area contributed by atoms with Crippen LogP contribution in [0.25, 0.3) is 0 Å². The van der Waals surface area contributed by atoms with Crippen LogP contribution in [0.3, 0.4) is 0 Å². The van der Waals surface area contributed by atoms with Crippen molar-refractivity contribution in [2.24, 2.45) is 7.05 Å². The molecule has 0 saturated heterocycles. The van der Waals surface area contributed by atoms with Gasteiger partial charge in [0.2, 0.25) is 0 Å². The van der Waals surface area contributed by atoms with Gasteiger partial charge in [-0.2, -0.15) is 5.10 Å². The number of aryl methyl sites for hydroxylation is 2. The first-order valence-corrected chi connectivity index (χ1v) is 6.68. The zero-order chi connectivity index (χ0) is 14.5. The van der Waals surface area contributed by atoms with Crippen molar-refractivity contribution >= 4 is 5.69 Å². The van der Waals surface area contributed by atoms with Gasteiger partial charge in [0.1, 0.15) is 0 Å². The molecule has 0 radical (unpaired) electrons. The van der Waals surface area contributed by atoms with Crippen molar-refractivity contribution in [2.45, 2.75) is 20.4 Å². The van der Waals surface area contributed by atoms with E-state index in [4.69, 9.17) is 9.47 Å². The number of methoxy groups -OCH3 is 1. The number of hydrogen-bond donors (Lipinski definition) is 1. The smallest absolute Gasteiger partial charge is 0.161 e. The van der Waals surface area contributed by atoms with E-state index in [1.165, 1.54) is 0 Å². The fraction of sp³-hybridized carbons (Fsp3) is 0.400. The second-order valence-corrected chi connectivity index (χ2v) is 4.57. The largest absolute Gasteiger partial charge is 0.493 e. The molecule has 108 valence electrons. The van der Waals surface area contributed by atoms with E-state index in [9.17, 15) is 0 Å². The van der Waals surface area contributed by atoms with Crippen molar-refractivity contribution in [1.82, 2.24) is 9.78 Å². The lowest BCUT2D eigenvalue weighted by atomic mass is 10.2. The molecule has 1 aromatic carbocycles. The average Bonchev–Trinajstić information content (AvgIpc) is 2.76. The molecule has 0 fully saturated rings. The number of nitrogens with one attached hydrogen (secondary N) is 1. The molecule has 0 aliphatic heterocycles. The molecular weight excluding hydrogens is 254 g/mol. The van der Waals surface area contributed by atoms with Crippen LogP contribution in [0.1, 0.15) is 18.2 Å². The molecule has 1 aromatic heterocycles. The third kappa shape index (κ3) is 3.23. The van der Waals surface area contributed by atoms with Gasteiger partial charge in [0, 0.05) is 19.8 Å². The summed E-state index contributed by atoms with van der Waals surface area (Å²) in [4.78, 5) is 0. The summed E-state index contributed by atoms with van der Waals surface area (Å²) in [7, 11) is 3.57. The van der Waals surface area contributed by atoms with Gasteiger partial charge in [-0.05, 0) is 31.5 Å². The quantitative estimate of drug-likeness (QED) is 0.880. The van der Waals surface area contributed by atoms with Gasteiger partial charge in [-0.25, -0.2) is 0 Å². The summed E-state index contributed by atoms with van der Waals surface area (Å²) in [5.74, 6) is 1.53. The molecule has 20 heavy (non-hydrogen) atoms. The van der Waals surface area contributed by atoms with Crippen LogP contribution in [-0.4, -0.2) is 23.5 Å². The van der Waals surface area contributed by atoms with Gasteiger partial charge in [-0.3, -0.25) is 4.68 Å². The maximum absolute atomic E-state index is 5.51. The monoisotopic (exact) mass is 275 g/mol. The van der Waals surface area contributed by atoms with E-state index in [1.54, 1.807) is 11.8 Å². The first kappa shape index (κ1) is 14.2. The molecule has 0 unspecified atom stereocenters. The maximum atomic E-state index is 5.51. The number of aromatic nitrogens is 2. The molecule has 2 rings (SSSR count). The first-order chi connectivity index (χ1) is 9.63. The molecule has 0 aliphatic carbocycles. The third-order valence-corrected chi connectivity index (χ3v) is 3.02. The standard InChI is InChI=1S/C15H21N3O2/c1-5-20-14-7-6-12(8-15(14)19-4)9-16-13-10-18(3)17-11(13)2/h6-8,10,16H,5,9H2,1-4H3. The molecule has 0 spiro atoms. The molecule has 2 aromatic rings. The average molecular weight is 275 g/mol. The van der Waals surface area contributed by atoms with Crippen molar-refractivity contribution in [2.75, 3.05) is 19.0 Å². The van der Waals surface area contributed by atoms with E-state index in [2.05, 4.69) is 10.4 Å². The summed E-state index contributed by atoms with van der Waals surface area (Å²) >= 11 is 0. The summed E-state index contributed by atoms with van der Waals surface area (Å²) in [6.07, 6.45) is 1.97. The topological polar surface area (TPSA) is 48.3 Å². The zero-order valence-corrected chi connectivity index (χ0v) is 12.4. The second kappa shape index (κ2) is 6.32. The van der Waals surface area contributed by atoms with Gasteiger partial charge in [-0.1, -0.05) is 6.07 Å². The van der Waals surface area contributed by atoms with Crippen LogP contribution in [0.5, 0.6) is 11.5 Å². The lowest BCUT2D eigenvalue weighted by Gasteiger charge is -2.11. The Morgan fingerprint density at radius 3 is 2.70 bits per heavy atom. The van der Waals surface area contributed by atoms with Gasteiger partial charge in [-0.15, -0.1) is 0 Å². The summed E-state index contributed by atoms with van der Waals surface area (Å²) in [6.45, 7) is 5.29. The molecular formula is C15H21N3O2. The van der Waals surface area contributed by atoms with Crippen LogP contribution in [0.15, 0.2) is 24.4 Å². The lowest BCUT2D eigenvalue weighted by molar-refractivity contribution is 0.310. The molecule has 1 heterocycles. The molecule has 5 nitrogen and oxygen atoms in total. The Morgan fingerprint density at radius 2 is 2.10 bits per heavy atom. The molecule has 5 heteroatoms. The number of anilines is 1. The fourth-order valence-corrected chi connectivity index (χ4v) is 2.07. The molecule has 0 saturated carbocycles. The minimum Gasteiger partial charge on any atom is -0.493 e. The SMILES string of the molecule is CCOc1ccc(CNc2cn(C)nc2C)cc1OC. The minimum atomic E-state index is 0.628. The molecule has 1 N–H and O–H groups in total.